The van der Waals surface area contributed by atoms with Crippen molar-refractivity contribution >= 4 is 25.4 Å². The molecule has 5 nitrogen and oxygen atoms in total. The molecule has 0 amide bonds. The minimum atomic E-state index is -1.97. The van der Waals surface area contributed by atoms with Crippen LogP contribution in [-0.4, -0.2) is 22.4 Å². The lowest BCUT2D eigenvalue weighted by atomic mass is 10.00. The molecule has 0 aliphatic heterocycles. The van der Waals surface area contributed by atoms with Gasteiger partial charge in [0.1, 0.15) is 0 Å². The van der Waals surface area contributed by atoms with Crippen LogP contribution in [0.15, 0.2) is 0 Å². The first-order valence-electron chi connectivity index (χ1n) is 4.04. The predicted molar refractivity (Wildman–Crippen MR) is 57.3 cm³/mol. The zero-order valence-electron chi connectivity index (χ0n) is 8.52. The van der Waals surface area contributed by atoms with Crippen molar-refractivity contribution in [3.05, 3.63) is 0 Å². The van der Waals surface area contributed by atoms with Gasteiger partial charge in [-0.1, -0.05) is 32.5 Å². The normalized spacial score (nSPS) is 14.1. The first-order chi connectivity index (χ1) is 6.34. The molecule has 0 radical (unpaired) electrons. The van der Waals surface area contributed by atoms with Gasteiger partial charge < -0.3 is 4.89 Å². The first kappa shape index (κ1) is 14.3. The van der Waals surface area contributed by atoms with Crippen LogP contribution in [0.3, 0.4) is 0 Å². The Hall–Kier alpha value is 0.290. The lowest BCUT2D eigenvalue weighted by molar-refractivity contribution is -0.200. The summed E-state index contributed by atoms with van der Waals surface area (Å²) in [6.07, 6.45) is 0. The summed E-state index contributed by atoms with van der Waals surface area (Å²) in [4.78, 5) is 24.4. The molecule has 0 saturated heterocycles. The van der Waals surface area contributed by atoms with Gasteiger partial charge in [-0.05, 0) is 0 Å². The minimum absolute atomic E-state index is 0.0973. The monoisotopic (exact) mass is 241 g/mol. The number of nitrogens with two attached hydrogens (primary N) is 1. The highest BCUT2D eigenvalue weighted by Gasteiger charge is 2.21. The second-order valence-corrected chi connectivity index (χ2v) is 5.41. The van der Waals surface area contributed by atoms with Crippen LogP contribution in [0.2, 0.25) is 0 Å². The maximum Gasteiger partial charge on any atom is 0.283 e. The lowest BCUT2D eigenvalue weighted by Gasteiger charge is -2.15. The van der Waals surface area contributed by atoms with Crippen LogP contribution < -0.4 is 5.50 Å². The molecule has 0 heterocycles. The number of hydrogen-bond donors (Lipinski definition) is 2. The Morgan fingerprint density at radius 1 is 1.57 bits per heavy atom. The standard InChI is InChI=1S/C7H16NO4PS/c1-7(2,3)6(9)14-5-4-11-12-13(8)10/h10H,4-5,8H2,1-3H3. The van der Waals surface area contributed by atoms with E-state index >= 15 is 0 Å². The fourth-order valence-electron chi connectivity index (χ4n) is 0.476. The minimum Gasteiger partial charge on any atom is -0.336 e. The molecule has 1 unspecified atom stereocenters. The molecule has 0 aromatic carbocycles. The largest absolute Gasteiger partial charge is 0.336 e. The van der Waals surface area contributed by atoms with E-state index in [1.54, 1.807) is 0 Å². The molecule has 0 spiro atoms. The van der Waals surface area contributed by atoms with Gasteiger partial charge in [-0.2, -0.15) is 4.67 Å². The molecule has 0 aromatic heterocycles. The van der Waals surface area contributed by atoms with Crippen molar-refractivity contribution in [2.75, 3.05) is 12.4 Å². The van der Waals surface area contributed by atoms with Crippen molar-refractivity contribution in [1.29, 1.82) is 0 Å². The van der Waals surface area contributed by atoms with Crippen LogP contribution in [0.4, 0.5) is 0 Å². The average Bonchev–Trinajstić information content (AvgIpc) is 2.01. The van der Waals surface area contributed by atoms with E-state index in [2.05, 4.69) is 9.56 Å². The van der Waals surface area contributed by atoms with Gasteiger partial charge in [0.15, 0.2) is 5.12 Å². The van der Waals surface area contributed by atoms with E-state index in [4.69, 9.17) is 10.4 Å². The Labute approximate surface area is 89.2 Å². The number of hydrogen-bond acceptors (Lipinski definition) is 6. The molecule has 0 fully saturated rings. The average molecular weight is 241 g/mol. The summed E-state index contributed by atoms with van der Waals surface area (Å²) in [5.41, 5.74) is 4.56. The SMILES string of the molecule is CC(C)(C)C(=O)SCCOOP(N)O. The molecule has 0 rings (SSSR count). The number of carbonyl (C=O) groups is 1. The van der Waals surface area contributed by atoms with Gasteiger partial charge in [-0.25, -0.2) is 4.89 Å². The molecular weight excluding hydrogens is 225 g/mol. The maximum absolute atomic E-state index is 11.4. The summed E-state index contributed by atoms with van der Waals surface area (Å²) in [7, 11) is -1.97. The highest BCUT2D eigenvalue weighted by Crippen LogP contribution is 2.23. The van der Waals surface area contributed by atoms with E-state index in [1.165, 1.54) is 11.8 Å². The third-order valence-corrected chi connectivity index (χ3v) is 2.64. The van der Waals surface area contributed by atoms with E-state index in [9.17, 15) is 4.79 Å². The number of thioether (sulfide) groups is 1. The van der Waals surface area contributed by atoms with Crippen LogP contribution in [0.25, 0.3) is 0 Å². The Morgan fingerprint density at radius 2 is 2.14 bits per heavy atom. The van der Waals surface area contributed by atoms with Gasteiger partial charge >= 0.3 is 0 Å². The van der Waals surface area contributed by atoms with Gasteiger partial charge in [0.25, 0.3) is 8.53 Å². The molecule has 0 bridgehead atoms. The fraction of sp³-hybridized carbons (Fsp3) is 0.857. The first-order valence-corrected chi connectivity index (χ1v) is 6.31. The molecule has 14 heavy (non-hydrogen) atoms. The highest BCUT2D eigenvalue weighted by atomic mass is 32.2. The Morgan fingerprint density at radius 3 is 2.57 bits per heavy atom. The van der Waals surface area contributed by atoms with Crippen LogP contribution in [0.5, 0.6) is 0 Å². The third kappa shape index (κ3) is 7.67. The molecule has 1 atom stereocenters. The van der Waals surface area contributed by atoms with Gasteiger partial charge in [-0.15, -0.1) is 0 Å². The van der Waals surface area contributed by atoms with Crippen molar-refractivity contribution in [3.8, 4) is 0 Å². The van der Waals surface area contributed by atoms with E-state index in [0.717, 1.165) is 0 Å². The predicted octanol–water partition coefficient (Wildman–Crippen LogP) is 1.42. The van der Waals surface area contributed by atoms with E-state index in [-0.39, 0.29) is 17.1 Å². The second kappa shape index (κ2) is 6.71. The molecule has 0 aliphatic carbocycles. The number of carbonyl (C=O) groups excluding carboxylic acids is 1. The second-order valence-electron chi connectivity index (χ2n) is 3.58. The highest BCUT2D eigenvalue weighted by molar-refractivity contribution is 8.13. The van der Waals surface area contributed by atoms with Crippen molar-refractivity contribution in [3.63, 3.8) is 0 Å². The van der Waals surface area contributed by atoms with Crippen LogP contribution in [-0.2, 0) is 14.4 Å². The van der Waals surface area contributed by atoms with Crippen LogP contribution in [0, 0.1) is 5.41 Å². The Bertz CT molecular complexity index is 183. The molecule has 0 aromatic rings. The zero-order chi connectivity index (χ0) is 11.2. The van der Waals surface area contributed by atoms with E-state index in [0.29, 0.717) is 5.75 Å². The van der Waals surface area contributed by atoms with Gasteiger partial charge in [0.2, 0.25) is 0 Å². The van der Waals surface area contributed by atoms with Crippen molar-refractivity contribution in [2.45, 2.75) is 20.8 Å². The topological polar surface area (TPSA) is 81.8 Å². The zero-order valence-corrected chi connectivity index (χ0v) is 10.2. The molecule has 0 aliphatic rings. The van der Waals surface area contributed by atoms with Gasteiger partial charge in [0, 0.05) is 11.2 Å². The summed E-state index contributed by atoms with van der Waals surface area (Å²) in [6, 6.07) is 0. The third-order valence-electron chi connectivity index (χ3n) is 1.14. The molecular formula is C7H16NO4PS. The van der Waals surface area contributed by atoms with E-state index < -0.39 is 8.53 Å². The molecule has 0 saturated carbocycles. The maximum atomic E-state index is 11.4. The van der Waals surface area contributed by atoms with Crippen molar-refractivity contribution in [2.24, 2.45) is 10.9 Å². The van der Waals surface area contributed by atoms with Crippen molar-refractivity contribution < 1.29 is 19.2 Å². The van der Waals surface area contributed by atoms with E-state index in [1.807, 2.05) is 20.8 Å². The quantitative estimate of drug-likeness (QED) is 0.328. The summed E-state index contributed by atoms with van der Waals surface area (Å²) < 4.78 is 4.28. The van der Waals surface area contributed by atoms with Crippen molar-refractivity contribution in [1.82, 2.24) is 0 Å². The Kier molecular flexibility index (Phi) is 6.85. The smallest absolute Gasteiger partial charge is 0.283 e. The fourth-order valence-corrected chi connectivity index (χ4v) is 1.43. The molecule has 3 N–H and O–H groups in total. The lowest BCUT2D eigenvalue weighted by Crippen LogP contribution is -2.17. The summed E-state index contributed by atoms with van der Waals surface area (Å²) in [5.74, 6) is 0.485. The Balaban J connectivity index is 3.42. The molecule has 7 heteroatoms. The summed E-state index contributed by atoms with van der Waals surface area (Å²) in [5, 5.41) is 0.0973. The summed E-state index contributed by atoms with van der Waals surface area (Å²) >= 11 is 1.18. The van der Waals surface area contributed by atoms with Gasteiger partial charge in [-0.3, -0.25) is 10.3 Å². The van der Waals surface area contributed by atoms with Gasteiger partial charge in [0.05, 0.1) is 6.61 Å². The summed E-state index contributed by atoms with van der Waals surface area (Å²) in [6.45, 7) is 5.79. The van der Waals surface area contributed by atoms with Crippen LogP contribution >= 0.6 is 20.3 Å². The number of rotatable bonds is 5. The molecule has 84 valence electrons. The van der Waals surface area contributed by atoms with Crippen LogP contribution in [0.1, 0.15) is 20.8 Å².